The van der Waals surface area contributed by atoms with Crippen LogP contribution in [0.2, 0.25) is 0 Å². The van der Waals surface area contributed by atoms with Gasteiger partial charge in [-0.2, -0.15) is 0 Å². The van der Waals surface area contributed by atoms with Gasteiger partial charge in [0.25, 0.3) is 0 Å². The van der Waals surface area contributed by atoms with E-state index in [1.807, 2.05) is 26.8 Å². The molecule has 12 heavy (non-hydrogen) atoms. The molecule has 1 aliphatic heterocycles. The van der Waals surface area contributed by atoms with Gasteiger partial charge in [0.1, 0.15) is 0 Å². The van der Waals surface area contributed by atoms with E-state index in [2.05, 4.69) is 18.5 Å². The Hall–Kier alpha value is -0.820. The van der Waals surface area contributed by atoms with E-state index in [1.54, 1.807) is 0 Å². The zero-order chi connectivity index (χ0) is 9.56. The summed E-state index contributed by atoms with van der Waals surface area (Å²) in [6, 6.07) is 0. The third kappa shape index (κ3) is 2.67. The molecule has 0 amide bonds. The standard InChI is InChI=1S/C9H13N.C2H6/c1-4-8-5-10-6-9(8)7(2)3;1-2/h4,10H,1-2,5-6H2,3H3;1-2H3. The van der Waals surface area contributed by atoms with Crippen LogP contribution in [-0.4, -0.2) is 13.1 Å². The van der Waals surface area contributed by atoms with E-state index in [-0.39, 0.29) is 0 Å². The Bertz CT molecular complexity index is 199. The SMILES string of the molecule is C=CC1=C(C(=C)C)CNC1.CC. The van der Waals surface area contributed by atoms with E-state index in [1.165, 1.54) is 11.1 Å². The minimum atomic E-state index is 0.950. The minimum Gasteiger partial charge on any atom is -0.309 e. The Labute approximate surface area is 75.9 Å². The summed E-state index contributed by atoms with van der Waals surface area (Å²) in [5.41, 5.74) is 3.78. The normalized spacial score (nSPS) is 15.2. The molecule has 0 saturated heterocycles. The monoisotopic (exact) mass is 165 g/mol. The minimum absolute atomic E-state index is 0.950. The first-order valence-electron chi connectivity index (χ1n) is 4.46. The van der Waals surface area contributed by atoms with Crippen LogP contribution in [0.25, 0.3) is 0 Å². The predicted octanol–water partition coefficient (Wildman–Crippen LogP) is 2.67. The van der Waals surface area contributed by atoms with Gasteiger partial charge in [0.15, 0.2) is 0 Å². The highest BCUT2D eigenvalue weighted by Gasteiger charge is 2.10. The van der Waals surface area contributed by atoms with Gasteiger partial charge in [0, 0.05) is 13.1 Å². The van der Waals surface area contributed by atoms with Crippen molar-refractivity contribution in [1.29, 1.82) is 0 Å². The Balaban J connectivity index is 0.000000561. The third-order valence-corrected chi connectivity index (χ3v) is 1.77. The average Bonchev–Trinajstić information content (AvgIpc) is 2.55. The first-order chi connectivity index (χ1) is 5.75. The number of hydrogen-bond donors (Lipinski definition) is 1. The second-order valence-corrected chi connectivity index (χ2v) is 2.59. The molecule has 0 atom stereocenters. The van der Waals surface area contributed by atoms with Gasteiger partial charge in [0.2, 0.25) is 0 Å². The lowest BCUT2D eigenvalue weighted by atomic mass is 10.1. The van der Waals surface area contributed by atoms with Crippen LogP contribution in [0, 0.1) is 0 Å². The molecule has 0 unspecified atom stereocenters. The predicted molar refractivity (Wildman–Crippen MR) is 56.3 cm³/mol. The molecule has 0 aromatic heterocycles. The molecule has 1 rings (SSSR count). The first-order valence-corrected chi connectivity index (χ1v) is 4.46. The molecule has 0 saturated carbocycles. The fourth-order valence-electron chi connectivity index (χ4n) is 1.16. The van der Waals surface area contributed by atoms with Crippen molar-refractivity contribution in [2.75, 3.05) is 13.1 Å². The fourth-order valence-corrected chi connectivity index (χ4v) is 1.16. The molecule has 1 heteroatoms. The molecule has 0 spiro atoms. The van der Waals surface area contributed by atoms with Gasteiger partial charge in [-0.3, -0.25) is 0 Å². The Kier molecular flexibility index (Phi) is 5.39. The largest absolute Gasteiger partial charge is 0.309 e. The lowest BCUT2D eigenvalue weighted by molar-refractivity contribution is 0.870. The van der Waals surface area contributed by atoms with Crippen molar-refractivity contribution in [2.24, 2.45) is 0 Å². The molecule has 0 fully saturated rings. The summed E-state index contributed by atoms with van der Waals surface area (Å²) in [7, 11) is 0. The maximum atomic E-state index is 3.89. The maximum Gasteiger partial charge on any atom is 0.0214 e. The van der Waals surface area contributed by atoms with E-state index in [0.29, 0.717) is 0 Å². The topological polar surface area (TPSA) is 12.0 Å². The summed E-state index contributed by atoms with van der Waals surface area (Å²) in [6.07, 6.45) is 1.91. The second-order valence-electron chi connectivity index (χ2n) is 2.59. The Morgan fingerprint density at radius 1 is 1.42 bits per heavy atom. The van der Waals surface area contributed by atoms with Gasteiger partial charge < -0.3 is 5.32 Å². The van der Waals surface area contributed by atoms with Crippen LogP contribution in [0.1, 0.15) is 20.8 Å². The molecule has 0 radical (unpaired) electrons. The molecular weight excluding hydrogens is 146 g/mol. The summed E-state index contributed by atoms with van der Waals surface area (Å²) in [6.45, 7) is 15.6. The zero-order valence-electron chi connectivity index (χ0n) is 8.41. The van der Waals surface area contributed by atoms with Crippen molar-refractivity contribution in [2.45, 2.75) is 20.8 Å². The summed E-state index contributed by atoms with van der Waals surface area (Å²) in [5, 5.41) is 3.25. The molecule has 1 N–H and O–H groups in total. The van der Waals surface area contributed by atoms with Crippen LogP contribution in [0.3, 0.4) is 0 Å². The number of nitrogens with one attached hydrogen (secondary N) is 1. The Morgan fingerprint density at radius 2 is 2.00 bits per heavy atom. The summed E-state index contributed by atoms with van der Waals surface area (Å²) >= 11 is 0. The molecule has 1 heterocycles. The highest BCUT2D eigenvalue weighted by Crippen LogP contribution is 2.16. The highest BCUT2D eigenvalue weighted by molar-refractivity contribution is 5.41. The summed E-state index contributed by atoms with van der Waals surface area (Å²) in [5.74, 6) is 0. The first kappa shape index (κ1) is 11.2. The van der Waals surface area contributed by atoms with Gasteiger partial charge in [-0.1, -0.05) is 38.7 Å². The van der Waals surface area contributed by atoms with Crippen LogP contribution >= 0.6 is 0 Å². The zero-order valence-corrected chi connectivity index (χ0v) is 8.41. The van der Waals surface area contributed by atoms with E-state index in [4.69, 9.17) is 0 Å². The summed E-state index contributed by atoms with van der Waals surface area (Å²) < 4.78 is 0. The lowest BCUT2D eigenvalue weighted by Gasteiger charge is -1.99. The van der Waals surface area contributed by atoms with E-state index < -0.39 is 0 Å². The van der Waals surface area contributed by atoms with Crippen molar-refractivity contribution in [3.05, 3.63) is 36.0 Å². The molecule has 68 valence electrons. The molecule has 0 aromatic rings. The quantitative estimate of drug-likeness (QED) is 0.663. The number of hydrogen-bond acceptors (Lipinski definition) is 1. The van der Waals surface area contributed by atoms with Crippen LogP contribution in [0.5, 0.6) is 0 Å². The van der Waals surface area contributed by atoms with Gasteiger partial charge in [0.05, 0.1) is 0 Å². The van der Waals surface area contributed by atoms with Crippen LogP contribution in [0.15, 0.2) is 36.0 Å². The lowest BCUT2D eigenvalue weighted by Crippen LogP contribution is -2.08. The van der Waals surface area contributed by atoms with Gasteiger partial charge in [-0.05, 0) is 18.1 Å². The van der Waals surface area contributed by atoms with Crippen molar-refractivity contribution in [1.82, 2.24) is 5.32 Å². The molecule has 0 aromatic carbocycles. The highest BCUT2D eigenvalue weighted by atomic mass is 14.9. The van der Waals surface area contributed by atoms with Crippen molar-refractivity contribution < 1.29 is 0 Å². The fraction of sp³-hybridized carbons (Fsp3) is 0.455. The number of rotatable bonds is 2. The second kappa shape index (κ2) is 5.78. The van der Waals surface area contributed by atoms with E-state index in [0.717, 1.165) is 18.7 Å². The van der Waals surface area contributed by atoms with Gasteiger partial charge >= 0.3 is 0 Å². The smallest absolute Gasteiger partial charge is 0.0214 e. The van der Waals surface area contributed by atoms with Crippen molar-refractivity contribution >= 4 is 0 Å². The van der Waals surface area contributed by atoms with E-state index >= 15 is 0 Å². The van der Waals surface area contributed by atoms with E-state index in [9.17, 15) is 0 Å². The molecule has 0 bridgehead atoms. The Morgan fingerprint density at radius 3 is 2.33 bits per heavy atom. The van der Waals surface area contributed by atoms with Crippen molar-refractivity contribution in [3.63, 3.8) is 0 Å². The van der Waals surface area contributed by atoms with Crippen LogP contribution in [0.4, 0.5) is 0 Å². The van der Waals surface area contributed by atoms with Crippen molar-refractivity contribution in [3.8, 4) is 0 Å². The molecule has 1 nitrogen and oxygen atoms in total. The summed E-state index contributed by atoms with van der Waals surface area (Å²) in [4.78, 5) is 0. The molecular formula is C11H19N. The maximum absolute atomic E-state index is 3.89. The van der Waals surface area contributed by atoms with Gasteiger partial charge in [-0.15, -0.1) is 0 Å². The molecule has 1 aliphatic rings. The van der Waals surface area contributed by atoms with Crippen LogP contribution in [-0.2, 0) is 0 Å². The van der Waals surface area contributed by atoms with Gasteiger partial charge in [-0.25, -0.2) is 0 Å². The average molecular weight is 165 g/mol. The molecule has 0 aliphatic carbocycles. The van der Waals surface area contributed by atoms with Crippen LogP contribution < -0.4 is 5.32 Å². The third-order valence-electron chi connectivity index (χ3n) is 1.77.